The molecule has 3 rings (SSSR count). The molecule has 2 aromatic carbocycles. The van der Waals surface area contributed by atoms with Crippen molar-refractivity contribution in [1.82, 2.24) is 0 Å². The van der Waals surface area contributed by atoms with E-state index in [9.17, 15) is 13.2 Å². The first-order chi connectivity index (χ1) is 9.58. The van der Waals surface area contributed by atoms with Gasteiger partial charge in [0.2, 0.25) is 0 Å². The summed E-state index contributed by atoms with van der Waals surface area (Å²) in [5.74, 6) is -3.90. The summed E-state index contributed by atoms with van der Waals surface area (Å²) in [7, 11) is 0. The molecule has 0 bridgehead atoms. The normalized spacial score (nSPS) is 15.2. The molecule has 104 valence electrons. The van der Waals surface area contributed by atoms with Gasteiger partial charge in [0.15, 0.2) is 17.5 Å². The smallest absolute Gasteiger partial charge is 0.194 e. The van der Waals surface area contributed by atoms with Crippen LogP contribution in [-0.4, -0.2) is 0 Å². The SMILES string of the molecule is Fc1ccc(C(Cl)c2ccc3c(c2)CCC3)c(F)c1F. The van der Waals surface area contributed by atoms with Crippen molar-refractivity contribution >= 4 is 11.6 Å². The highest BCUT2D eigenvalue weighted by atomic mass is 35.5. The fourth-order valence-corrected chi connectivity index (χ4v) is 2.97. The summed E-state index contributed by atoms with van der Waals surface area (Å²) in [6.07, 6.45) is 3.13. The second-order valence-corrected chi connectivity index (χ2v) is 5.45. The lowest BCUT2D eigenvalue weighted by molar-refractivity contribution is 0.441. The van der Waals surface area contributed by atoms with E-state index in [-0.39, 0.29) is 5.56 Å². The molecule has 0 heterocycles. The van der Waals surface area contributed by atoms with Gasteiger partial charge in [-0.05, 0) is 42.0 Å². The maximum absolute atomic E-state index is 13.8. The van der Waals surface area contributed by atoms with Gasteiger partial charge in [-0.1, -0.05) is 24.3 Å². The lowest BCUT2D eigenvalue weighted by Crippen LogP contribution is -2.02. The third kappa shape index (κ3) is 2.20. The summed E-state index contributed by atoms with van der Waals surface area (Å²) in [6, 6.07) is 7.82. The highest BCUT2D eigenvalue weighted by Gasteiger charge is 2.22. The van der Waals surface area contributed by atoms with E-state index >= 15 is 0 Å². The van der Waals surface area contributed by atoms with Crippen LogP contribution >= 0.6 is 11.6 Å². The van der Waals surface area contributed by atoms with Crippen LogP contribution in [0.2, 0.25) is 0 Å². The summed E-state index contributed by atoms with van der Waals surface area (Å²) in [6.45, 7) is 0. The van der Waals surface area contributed by atoms with Crippen LogP contribution in [-0.2, 0) is 12.8 Å². The maximum Gasteiger partial charge on any atom is 0.194 e. The van der Waals surface area contributed by atoms with Gasteiger partial charge in [0.1, 0.15) is 0 Å². The molecular formula is C16H12ClF3. The van der Waals surface area contributed by atoms with Gasteiger partial charge in [0.05, 0.1) is 5.38 Å². The molecule has 0 nitrogen and oxygen atoms in total. The van der Waals surface area contributed by atoms with Gasteiger partial charge in [-0.25, -0.2) is 13.2 Å². The van der Waals surface area contributed by atoms with Crippen LogP contribution in [0, 0.1) is 17.5 Å². The standard InChI is InChI=1S/C16H12ClF3/c17-14(12-6-7-13(18)16(20)15(12)19)11-5-4-9-2-1-3-10(9)8-11/h4-8,14H,1-3H2. The van der Waals surface area contributed by atoms with Crippen molar-refractivity contribution in [3.8, 4) is 0 Å². The van der Waals surface area contributed by atoms with E-state index in [1.54, 1.807) is 0 Å². The van der Waals surface area contributed by atoms with E-state index in [4.69, 9.17) is 11.6 Å². The molecule has 4 heteroatoms. The number of alkyl halides is 1. The predicted molar refractivity (Wildman–Crippen MR) is 72.5 cm³/mol. The van der Waals surface area contributed by atoms with Crippen molar-refractivity contribution in [2.45, 2.75) is 24.6 Å². The molecule has 0 saturated carbocycles. The van der Waals surface area contributed by atoms with Crippen LogP contribution in [0.25, 0.3) is 0 Å². The van der Waals surface area contributed by atoms with Crippen LogP contribution in [0.5, 0.6) is 0 Å². The van der Waals surface area contributed by atoms with Crippen molar-refractivity contribution < 1.29 is 13.2 Å². The molecule has 0 radical (unpaired) electrons. The molecule has 1 atom stereocenters. The first-order valence-corrected chi connectivity index (χ1v) is 6.90. The Labute approximate surface area is 120 Å². The third-order valence-corrected chi connectivity index (χ3v) is 4.24. The molecule has 20 heavy (non-hydrogen) atoms. The fourth-order valence-electron chi connectivity index (χ4n) is 2.67. The van der Waals surface area contributed by atoms with Crippen molar-refractivity contribution in [3.05, 3.63) is 70.0 Å². The number of benzene rings is 2. The zero-order chi connectivity index (χ0) is 14.3. The molecule has 0 aromatic heterocycles. The van der Waals surface area contributed by atoms with E-state index in [0.717, 1.165) is 25.3 Å². The minimum Gasteiger partial charge on any atom is -0.204 e. The third-order valence-electron chi connectivity index (χ3n) is 3.75. The Balaban J connectivity index is 2.00. The molecule has 1 aliphatic rings. The molecule has 1 aliphatic carbocycles. The Morgan fingerprint density at radius 2 is 1.65 bits per heavy atom. The topological polar surface area (TPSA) is 0 Å². The van der Waals surface area contributed by atoms with Crippen LogP contribution in [0.3, 0.4) is 0 Å². The number of fused-ring (bicyclic) bond motifs is 1. The van der Waals surface area contributed by atoms with Gasteiger partial charge >= 0.3 is 0 Å². The minimum absolute atomic E-state index is 0.0384. The van der Waals surface area contributed by atoms with Crippen LogP contribution in [0.15, 0.2) is 30.3 Å². The zero-order valence-corrected chi connectivity index (χ0v) is 11.4. The van der Waals surface area contributed by atoms with E-state index in [0.29, 0.717) is 5.56 Å². The molecule has 2 aromatic rings. The Morgan fingerprint density at radius 1 is 0.900 bits per heavy atom. The number of rotatable bonds is 2. The van der Waals surface area contributed by atoms with E-state index in [2.05, 4.69) is 0 Å². The van der Waals surface area contributed by atoms with Gasteiger partial charge < -0.3 is 0 Å². The van der Waals surface area contributed by atoms with Gasteiger partial charge in [0, 0.05) is 5.56 Å². The number of hydrogen-bond donors (Lipinski definition) is 0. The average molecular weight is 297 g/mol. The van der Waals surface area contributed by atoms with E-state index < -0.39 is 22.8 Å². The van der Waals surface area contributed by atoms with Crippen LogP contribution < -0.4 is 0 Å². The number of halogens is 4. The zero-order valence-electron chi connectivity index (χ0n) is 10.6. The summed E-state index contributed by atoms with van der Waals surface area (Å²) in [4.78, 5) is 0. The summed E-state index contributed by atoms with van der Waals surface area (Å²) in [5, 5.41) is -0.823. The summed E-state index contributed by atoms with van der Waals surface area (Å²) < 4.78 is 40.0. The van der Waals surface area contributed by atoms with Gasteiger partial charge in [0.25, 0.3) is 0 Å². The first kappa shape index (κ1) is 13.5. The molecule has 0 amide bonds. The number of hydrogen-bond acceptors (Lipinski definition) is 0. The second-order valence-electron chi connectivity index (χ2n) is 5.01. The lowest BCUT2D eigenvalue weighted by atomic mass is 9.99. The van der Waals surface area contributed by atoms with Gasteiger partial charge in [-0.3, -0.25) is 0 Å². The van der Waals surface area contributed by atoms with Crippen molar-refractivity contribution in [2.24, 2.45) is 0 Å². The molecule has 0 spiro atoms. The Bertz CT molecular complexity index is 667. The molecule has 0 fully saturated rings. The quantitative estimate of drug-likeness (QED) is 0.545. The Kier molecular flexibility index (Phi) is 3.47. The molecular weight excluding hydrogens is 285 g/mol. The van der Waals surface area contributed by atoms with E-state index in [1.165, 1.54) is 17.2 Å². The first-order valence-electron chi connectivity index (χ1n) is 6.47. The monoisotopic (exact) mass is 296 g/mol. The van der Waals surface area contributed by atoms with Crippen molar-refractivity contribution in [1.29, 1.82) is 0 Å². The minimum atomic E-state index is -1.48. The summed E-state index contributed by atoms with van der Waals surface area (Å²) in [5.41, 5.74) is 3.15. The highest BCUT2D eigenvalue weighted by Crippen LogP contribution is 2.34. The maximum atomic E-state index is 13.8. The van der Waals surface area contributed by atoms with Crippen LogP contribution in [0.1, 0.15) is 34.1 Å². The van der Waals surface area contributed by atoms with E-state index in [1.807, 2.05) is 18.2 Å². The van der Waals surface area contributed by atoms with Gasteiger partial charge in [-0.2, -0.15) is 0 Å². The number of aryl methyl sites for hydroxylation is 2. The Morgan fingerprint density at radius 3 is 2.45 bits per heavy atom. The van der Waals surface area contributed by atoms with Gasteiger partial charge in [-0.15, -0.1) is 11.6 Å². The summed E-state index contributed by atoms with van der Waals surface area (Å²) >= 11 is 6.23. The van der Waals surface area contributed by atoms with Crippen molar-refractivity contribution in [3.63, 3.8) is 0 Å². The molecule has 0 aliphatic heterocycles. The fraction of sp³-hybridized carbons (Fsp3) is 0.250. The van der Waals surface area contributed by atoms with Crippen molar-refractivity contribution in [2.75, 3.05) is 0 Å². The average Bonchev–Trinajstić information content (AvgIpc) is 2.91. The molecule has 0 N–H and O–H groups in total. The second kappa shape index (κ2) is 5.13. The predicted octanol–water partition coefficient (Wildman–Crippen LogP) is 4.92. The van der Waals surface area contributed by atoms with Crippen LogP contribution in [0.4, 0.5) is 13.2 Å². The molecule has 1 unspecified atom stereocenters. The molecule has 0 saturated heterocycles. The Hall–Kier alpha value is -1.48. The lowest BCUT2D eigenvalue weighted by Gasteiger charge is -2.13. The largest absolute Gasteiger partial charge is 0.204 e. The highest BCUT2D eigenvalue weighted by molar-refractivity contribution is 6.22.